The van der Waals surface area contributed by atoms with Crippen LogP contribution in [0.4, 0.5) is 0 Å². The monoisotopic (exact) mass is 358 g/mol. The van der Waals surface area contributed by atoms with Crippen LogP contribution in [0.25, 0.3) is 11.0 Å². The third-order valence-electron chi connectivity index (χ3n) is 5.08. The maximum atomic E-state index is 12.5. The molecule has 0 unspecified atom stereocenters. The number of nitrogens with zero attached hydrogens (tertiary/aromatic N) is 4. The molecule has 7 heteroatoms. The number of piperazine rings is 1. The van der Waals surface area contributed by atoms with Gasteiger partial charge in [-0.2, -0.15) is 0 Å². The van der Waals surface area contributed by atoms with E-state index in [1.807, 2.05) is 23.1 Å². The average Bonchev–Trinajstić information content (AvgIpc) is 2.67. The van der Waals surface area contributed by atoms with E-state index in [-0.39, 0.29) is 18.9 Å². The third-order valence-corrected chi connectivity index (χ3v) is 5.08. The Labute approximate surface area is 152 Å². The molecule has 26 heavy (non-hydrogen) atoms. The van der Waals surface area contributed by atoms with Gasteiger partial charge in [0.15, 0.2) is 0 Å². The molecule has 0 atom stereocenters. The minimum absolute atomic E-state index is 0.0396. The molecule has 0 saturated carbocycles. The minimum atomic E-state index is -0.577. The van der Waals surface area contributed by atoms with Gasteiger partial charge in [0.2, 0.25) is 5.91 Å². The van der Waals surface area contributed by atoms with Crippen LogP contribution in [0.3, 0.4) is 0 Å². The first-order valence-electron chi connectivity index (χ1n) is 9.21. The number of para-hydroxylation sites is 2. The summed E-state index contributed by atoms with van der Waals surface area (Å²) in [4.78, 5) is 41.4. The molecule has 7 nitrogen and oxygen atoms in total. The molecule has 2 aromatic rings. The Balaban J connectivity index is 1.74. The largest absolute Gasteiger partial charge is 0.340 e. The van der Waals surface area contributed by atoms with Crippen LogP contribution in [0.5, 0.6) is 0 Å². The minimum Gasteiger partial charge on any atom is -0.340 e. The van der Waals surface area contributed by atoms with Gasteiger partial charge in [0, 0.05) is 46.2 Å². The number of fused-ring (bicyclic) bond motifs is 1. The second kappa shape index (κ2) is 7.86. The highest BCUT2D eigenvalue weighted by Crippen LogP contribution is 2.11. The van der Waals surface area contributed by atoms with Crippen LogP contribution < -0.4 is 11.1 Å². The molecule has 140 valence electrons. The van der Waals surface area contributed by atoms with Crippen molar-refractivity contribution >= 4 is 16.9 Å². The summed E-state index contributed by atoms with van der Waals surface area (Å²) in [7, 11) is 1.59. The summed E-state index contributed by atoms with van der Waals surface area (Å²) in [5.74, 6) is 0.0396. The van der Waals surface area contributed by atoms with Crippen molar-refractivity contribution in [3.05, 3.63) is 45.0 Å². The third kappa shape index (κ3) is 3.58. The van der Waals surface area contributed by atoms with Gasteiger partial charge in [-0.15, -0.1) is 0 Å². The Bertz CT molecular complexity index is 907. The van der Waals surface area contributed by atoms with Crippen LogP contribution in [-0.4, -0.2) is 57.6 Å². The molecule has 1 aromatic heterocycles. The Morgan fingerprint density at radius 1 is 0.962 bits per heavy atom. The van der Waals surface area contributed by atoms with Crippen molar-refractivity contribution in [1.82, 2.24) is 18.9 Å². The predicted molar refractivity (Wildman–Crippen MR) is 101 cm³/mol. The van der Waals surface area contributed by atoms with Gasteiger partial charge in [0.25, 0.3) is 0 Å². The molecule has 1 saturated heterocycles. The van der Waals surface area contributed by atoms with Gasteiger partial charge >= 0.3 is 11.1 Å². The van der Waals surface area contributed by atoms with Crippen LogP contribution in [0.2, 0.25) is 0 Å². The summed E-state index contributed by atoms with van der Waals surface area (Å²) in [6, 6.07) is 7.28. The second-order valence-corrected chi connectivity index (χ2v) is 6.78. The Kier molecular flexibility index (Phi) is 5.56. The number of hydrogen-bond donors (Lipinski definition) is 0. The highest BCUT2D eigenvalue weighted by atomic mass is 16.2. The van der Waals surface area contributed by atoms with Gasteiger partial charge in [0.05, 0.1) is 11.0 Å². The van der Waals surface area contributed by atoms with E-state index in [1.54, 1.807) is 13.1 Å². The SMILES string of the molecule is CCCN1CCN(C(=O)CCn2c(=O)c(=O)n(C)c3ccccc32)CC1. The number of carbonyl (C=O) groups is 1. The van der Waals surface area contributed by atoms with Crippen LogP contribution >= 0.6 is 0 Å². The highest BCUT2D eigenvalue weighted by molar-refractivity contribution is 5.77. The van der Waals surface area contributed by atoms with Gasteiger partial charge < -0.3 is 14.0 Å². The first-order chi connectivity index (χ1) is 12.5. The molecule has 0 bridgehead atoms. The molecule has 2 heterocycles. The van der Waals surface area contributed by atoms with Crippen molar-refractivity contribution < 1.29 is 4.79 Å². The van der Waals surface area contributed by atoms with Crippen molar-refractivity contribution in [1.29, 1.82) is 0 Å². The molecule has 3 rings (SSSR count). The van der Waals surface area contributed by atoms with Crippen LogP contribution in [0.1, 0.15) is 19.8 Å². The van der Waals surface area contributed by atoms with Gasteiger partial charge in [-0.3, -0.25) is 19.3 Å². The summed E-state index contributed by atoms with van der Waals surface area (Å²) < 4.78 is 2.80. The molecule has 0 N–H and O–H groups in total. The normalized spacial score (nSPS) is 15.5. The van der Waals surface area contributed by atoms with Gasteiger partial charge in [-0.1, -0.05) is 19.1 Å². The van der Waals surface area contributed by atoms with E-state index in [9.17, 15) is 14.4 Å². The fraction of sp³-hybridized carbons (Fsp3) is 0.526. The Hall–Kier alpha value is -2.41. The fourth-order valence-corrected chi connectivity index (χ4v) is 3.58. The summed E-state index contributed by atoms with van der Waals surface area (Å²) in [6.45, 7) is 6.70. The molecule has 0 aliphatic carbocycles. The maximum absolute atomic E-state index is 12.5. The zero-order valence-electron chi connectivity index (χ0n) is 15.5. The molecule has 1 fully saturated rings. The molecular formula is C19H26N4O3. The molecule has 0 radical (unpaired) electrons. The first kappa shape index (κ1) is 18.4. The molecular weight excluding hydrogens is 332 g/mol. The van der Waals surface area contributed by atoms with E-state index in [4.69, 9.17) is 0 Å². The maximum Gasteiger partial charge on any atom is 0.316 e. The zero-order valence-corrected chi connectivity index (χ0v) is 15.5. The summed E-state index contributed by atoms with van der Waals surface area (Å²) in [5, 5.41) is 0. The lowest BCUT2D eigenvalue weighted by Crippen LogP contribution is -2.49. The second-order valence-electron chi connectivity index (χ2n) is 6.78. The van der Waals surface area contributed by atoms with Crippen molar-refractivity contribution in [3.8, 4) is 0 Å². The van der Waals surface area contributed by atoms with E-state index < -0.39 is 11.1 Å². The van der Waals surface area contributed by atoms with Crippen LogP contribution in [0.15, 0.2) is 33.9 Å². The molecule has 1 aromatic carbocycles. The topological polar surface area (TPSA) is 67.5 Å². The summed E-state index contributed by atoms with van der Waals surface area (Å²) in [5.41, 5.74) is 0.231. The summed E-state index contributed by atoms with van der Waals surface area (Å²) >= 11 is 0. The van der Waals surface area contributed by atoms with Crippen LogP contribution in [-0.2, 0) is 18.4 Å². The van der Waals surface area contributed by atoms with Gasteiger partial charge in [0.1, 0.15) is 0 Å². The summed E-state index contributed by atoms with van der Waals surface area (Å²) in [6.07, 6.45) is 1.34. The lowest BCUT2D eigenvalue weighted by atomic mass is 10.2. The quantitative estimate of drug-likeness (QED) is 0.736. The zero-order chi connectivity index (χ0) is 18.7. The molecule has 1 amide bonds. The lowest BCUT2D eigenvalue weighted by Gasteiger charge is -2.34. The van der Waals surface area contributed by atoms with E-state index in [2.05, 4.69) is 11.8 Å². The van der Waals surface area contributed by atoms with E-state index >= 15 is 0 Å². The standard InChI is InChI=1S/C19H26N4O3/c1-3-9-21-11-13-22(14-12-21)17(24)8-10-23-16-7-5-4-6-15(16)20(2)18(25)19(23)26/h4-7H,3,8-14H2,1-2H3. The number of aryl methyl sites for hydroxylation is 2. The Morgan fingerprint density at radius 3 is 2.27 bits per heavy atom. The number of carbonyl (C=O) groups excluding carboxylic acids is 1. The fourth-order valence-electron chi connectivity index (χ4n) is 3.58. The lowest BCUT2D eigenvalue weighted by molar-refractivity contribution is -0.133. The van der Waals surface area contributed by atoms with Gasteiger partial charge in [-0.05, 0) is 25.1 Å². The number of hydrogen-bond acceptors (Lipinski definition) is 4. The van der Waals surface area contributed by atoms with Gasteiger partial charge in [-0.25, -0.2) is 0 Å². The first-order valence-corrected chi connectivity index (χ1v) is 9.21. The molecule has 0 spiro atoms. The Morgan fingerprint density at radius 2 is 1.62 bits per heavy atom. The predicted octanol–water partition coefficient (Wildman–Crippen LogP) is 0.645. The molecule has 1 aliphatic rings. The number of amides is 1. The van der Waals surface area contributed by atoms with E-state index in [0.717, 1.165) is 39.1 Å². The average molecular weight is 358 g/mol. The number of aromatic nitrogens is 2. The van der Waals surface area contributed by atoms with Crippen LogP contribution in [0, 0.1) is 0 Å². The smallest absolute Gasteiger partial charge is 0.316 e. The molecule has 1 aliphatic heterocycles. The van der Waals surface area contributed by atoms with Crippen molar-refractivity contribution in [2.75, 3.05) is 32.7 Å². The number of benzene rings is 1. The number of rotatable bonds is 5. The van der Waals surface area contributed by atoms with Crippen molar-refractivity contribution in [2.24, 2.45) is 7.05 Å². The van der Waals surface area contributed by atoms with Crippen molar-refractivity contribution in [3.63, 3.8) is 0 Å². The highest BCUT2D eigenvalue weighted by Gasteiger charge is 2.21. The van der Waals surface area contributed by atoms with E-state index in [0.29, 0.717) is 11.0 Å². The van der Waals surface area contributed by atoms with E-state index in [1.165, 1.54) is 9.13 Å². The van der Waals surface area contributed by atoms with Crippen molar-refractivity contribution in [2.45, 2.75) is 26.3 Å².